The van der Waals surface area contributed by atoms with Crippen molar-refractivity contribution in [3.8, 4) is 0 Å². The highest BCUT2D eigenvalue weighted by molar-refractivity contribution is 7.22. The number of thiazole rings is 1. The highest BCUT2D eigenvalue weighted by atomic mass is 32.1. The van der Waals surface area contributed by atoms with Gasteiger partial charge in [0.15, 0.2) is 5.13 Å². The number of morpholine rings is 1. The van der Waals surface area contributed by atoms with Gasteiger partial charge in [-0.2, -0.15) is 5.10 Å². The Balaban J connectivity index is 1.67. The van der Waals surface area contributed by atoms with Crippen LogP contribution in [0.1, 0.15) is 41.6 Å². The maximum absolute atomic E-state index is 13.7. The van der Waals surface area contributed by atoms with Crippen molar-refractivity contribution in [2.75, 3.05) is 44.3 Å². The lowest BCUT2D eigenvalue weighted by atomic mass is 10.2. The van der Waals surface area contributed by atoms with Crippen LogP contribution in [-0.4, -0.2) is 65.0 Å². The molecule has 1 aromatic carbocycles. The quantitative estimate of drug-likeness (QED) is 0.601. The molecule has 0 N–H and O–H groups in total. The average Bonchev–Trinajstić information content (AvgIpc) is 3.32. The molecule has 1 amide bonds. The summed E-state index contributed by atoms with van der Waals surface area (Å²) in [6, 6.07) is 8.20. The van der Waals surface area contributed by atoms with Crippen LogP contribution in [0.15, 0.2) is 24.3 Å². The van der Waals surface area contributed by atoms with Crippen LogP contribution >= 0.6 is 11.3 Å². The molecule has 0 saturated carbocycles. The van der Waals surface area contributed by atoms with Gasteiger partial charge in [0, 0.05) is 32.2 Å². The maximum atomic E-state index is 13.7. The van der Waals surface area contributed by atoms with Crippen LogP contribution < -0.4 is 4.90 Å². The van der Waals surface area contributed by atoms with E-state index >= 15 is 0 Å². The van der Waals surface area contributed by atoms with Crippen LogP contribution in [0.25, 0.3) is 10.2 Å². The number of ether oxygens (including phenoxy) is 1. The Morgan fingerprint density at radius 2 is 2.00 bits per heavy atom. The Morgan fingerprint density at radius 1 is 1.23 bits per heavy atom. The zero-order chi connectivity index (χ0) is 21.3. The van der Waals surface area contributed by atoms with Gasteiger partial charge in [-0.15, -0.1) is 0 Å². The predicted octanol–water partition coefficient (Wildman–Crippen LogP) is 3.67. The number of aromatic nitrogens is 3. The van der Waals surface area contributed by atoms with E-state index in [2.05, 4.69) is 29.1 Å². The number of hydrogen-bond acceptors (Lipinski definition) is 6. The summed E-state index contributed by atoms with van der Waals surface area (Å²) in [7, 11) is 0. The molecule has 0 atom stereocenters. The first-order valence-corrected chi connectivity index (χ1v) is 11.3. The number of amides is 1. The summed E-state index contributed by atoms with van der Waals surface area (Å²) in [6.07, 6.45) is 0. The van der Waals surface area contributed by atoms with Crippen LogP contribution in [0.5, 0.6) is 0 Å². The largest absolute Gasteiger partial charge is 0.379 e. The molecule has 8 heteroatoms. The van der Waals surface area contributed by atoms with Crippen LogP contribution in [-0.2, 0) is 4.74 Å². The maximum Gasteiger partial charge on any atom is 0.278 e. The number of anilines is 1. The van der Waals surface area contributed by atoms with Gasteiger partial charge in [0.05, 0.1) is 29.1 Å². The number of hydrogen-bond donors (Lipinski definition) is 0. The second-order valence-electron chi connectivity index (χ2n) is 8.09. The van der Waals surface area contributed by atoms with Gasteiger partial charge in [-0.1, -0.05) is 17.4 Å². The van der Waals surface area contributed by atoms with Crippen molar-refractivity contribution < 1.29 is 9.53 Å². The predicted molar refractivity (Wildman–Crippen MR) is 121 cm³/mol. The Morgan fingerprint density at radius 3 is 2.73 bits per heavy atom. The molecule has 1 aliphatic heterocycles. The first kappa shape index (κ1) is 21.0. The lowest BCUT2D eigenvalue weighted by molar-refractivity contribution is 0.0391. The molecule has 1 fully saturated rings. The fourth-order valence-electron chi connectivity index (χ4n) is 3.69. The first-order chi connectivity index (χ1) is 14.4. The zero-order valence-electron chi connectivity index (χ0n) is 18.1. The van der Waals surface area contributed by atoms with Crippen molar-refractivity contribution in [2.45, 2.75) is 33.7 Å². The Labute approximate surface area is 181 Å². The minimum atomic E-state index is -0.0478. The summed E-state index contributed by atoms with van der Waals surface area (Å²) >= 11 is 1.57. The molecule has 160 valence electrons. The lowest BCUT2D eigenvalue weighted by Crippen LogP contribution is -2.43. The van der Waals surface area contributed by atoms with Gasteiger partial charge in [0.2, 0.25) is 0 Å². The third-order valence-electron chi connectivity index (χ3n) is 5.32. The number of nitrogens with zero attached hydrogens (tertiary/aromatic N) is 5. The fourth-order valence-corrected chi connectivity index (χ4v) is 4.78. The third kappa shape index (κ3) is 4.40. The normalized spacial score (nSPS) is 15.2. The summed E-state index contributed by atoms with van der Waals surface area (Å²) in [5, 5.41) is 5.28. The molecule has 4 rings (SSSR count). The highest BCUT2D eigenvalue weighted by Gasteiger charge is 2.26. The molecule has 0 spiro atoms. The average molecular weight is 428 g/mol. The highest BCUT2D eigenvalue weighted by Crippen LogP contribution is 2.30. The van der Waals surface area contributed by atoms with E-state index in [9.17, 15) is 4.79 Å². The molecule has 30 heavy (non-hydrogen) atoms. The van der Waals surface area contributed by atoms with E-state index in [4.69, 9.17) is 9.72 Å². The van der Waals surface area contributed by atoms with Gasteiger partial charge in [-0.3, -0.25) is 19.3 Å². The lowest BCUT2D eigenvalue weighted by Gasteiger charge is -2.29. The second-order valence-corrected chi connectivity index (χ2v) is 9.10. The summed E-state index contributed by atoms with van der Waals surface area (Å²) in [5.74, 6) is -0.0478. The molecule has 2 aromatic heterocycles. The number of carbonyl (C=O) groups excluding carboxylic acids is 1. The van der Waals surface area contributed by atoms with Gasteiger partial charge in [0.25, 0.3) is 5.91 Å². The molecule has 3 heterocycles. The van der Waals surface area contributed by atoms with Crippen LogP contribution in [0, 0.1) is 13.8 Å². The number of aryl methyl sites for hydroxylation is 2. The van der Waals surface area contributed by atoms with Gasteiger partial charge in [0.1, 0.15) is 5.69 Å². The van der Waals surface area contributed by atoms with E-state index in [0.717, 1.165) is 53.9 Å². The van der Waals surface area contributed by atoms with E-state index in [0.29, 0.717) is 12.2 Å². The van der Waals surface area contributed by atoms with E-state index in [-0.39, 0.29) is 11.9 Å². The number of carbonyl (C=O) groups is 1. The molecule has 0 bridgehead atoms. The molecule has 3 aromatic rings. The van der Waals surface area contributed by atoms with E-state index in [1.54, 1.807) is 11.3 Å². The van der Waals surface area contributed by atoms with E-state index in [1.165, 1.54) is 5.56 Å². The first-order valence-electron chi connectivity index (χ1n) is 10.5. The third-order valence-corrected chi connectivity index (χ3v) is 6.36. The van der Waals surface area contributed by atoms with Crippen molar-refractivity contribution in [2.24, 2.45) is 0 Å². The fraction of sp³-hybridized carbons (Fsp3) is 0.500. The molecule has 0 aliphatic carbocycles. The smallest absolute Gasteiger partial charge is 0.278 e. The molecular weight excluding hydrogens is 398 g/mol. The summed E-state index contributed by atoms with van der Waals surface area (Å²) in [4.78, 5) is 22.6. The summed E-state index contributed by atoms with van der Waals surface area (Å²) < 4.78 is 8.38. The van der Waals surface area contributed by atoms with Crippen molar-refractivity contribution in [3.63, 3.8) is 0 Å². The Bertz CT molecular complexity index is 1040. The van der Waals surface area contributed by atoms with Crippen LogP contribution in [0.3, 0.4) is 0 Å². The van der Waals surface area contributed by atoms with Crippen LogP contribution in [0.4, 0.5) is 5.13 Å². The minimum Gasteiger partial charge on any atom is -0.379 e. The topological polar surface area (TPSA) is 63.5 Å². The van der Waals surface area contributed by atoms with Crippen molar-refractivity contribution in [1.82, 2.24) is 19.7 Å². The molecule has 0 radical (unpaired) electrons. The monoisotopic (exact) mass is 427 g/mol. The SMILES string of the molecule is Cc1ccc2nc(N(CCN3CCOCC3)C(=O)c3cc(C)nn3C(C)C)sc2c1. The number of fused-ring (bicyclic) bond motifs is 1. The Kier molecular flexibility index (Phi) is 6.17. The van der Waals surface area contributed by atoms with Crippen molar-refractivity contribution >= 4 is 32.6 Å². The Hall–Kier alpha value is -2.29. The summed E-state index contributed by atoms with van der Waals surface area (Å²) in [5.41, 5.74) is 3.58. The molecular formula is C22H29N5O2S. The van der Waals surface area contributed by atoms with Gasteiger partial charge in [-0.05, 0) is 51.5 Å². The minimum absolute atomic E-state index is 0.0478. The molecule has 1 saturated heterocycles. The standard InChI is InChI=1S/C22H29N5O2S/c1-15(2)27-19(14-17(4)24-27)21(28)26(8-7-25-9-11-29-12-10-25)22-23-18-6-5-16(3)13-20(18)30-22/h5-6,13-15H,7-12H2,1-4H3. The molecule has 1 aliphatic rings. The van der Waals surface area contributed by atoms with E-state index < -0.39 is 0 Å². The van der Waals surface area contributed by atoms with E-state index in [1.807, 2.05) is 42.5 Å². The van der Waals surface area contributed by atoms with Crippen molar-refractivity contribution in [3.05, 3.63) is 41.2 Å². The number of benzene rings is 1. The van der Waals surface area contributed by atoms with Gasteiger partial charge in [-0.25, -0.2) is 4.98 Å². The second kappa shape index (κ2) is 8.83. The molecule has 7 nitrogen and oxygen atoms in total. The number of rotatable bonds is 6. The summed E-state index contributed by atoms with van der Waals surface area (Å²) in [6.45, 7) is 12.7. The van der Waals surface area contributed by atoms with Gasteiger partial charge >= 0.3 is 0 Å². The zero-order valence-corrected chi connectivity index (χ0v) is 18.9. The van der Waals surface area contributed by atoms with Crippen molar-refractivity contribution in [1.29, 1.82) is 0 Å². The van der Waals surface area contributed by atoms with Crippen LogP contribution in [0.2, 0.25) is 0 Å². The van der Waals surface area contributed by atoms with Gasteiger partial charge < -0.3 is 4.74 Å². The molecule has 0 unspecified atom stereocenters.